The van der Waals surface area contributed by atoms with E-state index in [1.807, 2.05) is 60.7 Å². The highest BCUT2D eigenvalue weighted by Gasteiger charge is 2.21. The Morgan fingerprint density at radius 1 is 0.909 bits per heavy atom. The largest absolute Gasteiger partial charge is 0.351 e. The van der Waals surface area contributed by atoms with Gasteiger partial charge in [0.15, 0.2) is 0 Å². The van der Waals surface area contributed by atoms with Crippen LogP contribution in [0.2, 0.25) is 0 Å². The van der Waals surface area contributed by atoms with E-state index < -0.39 is 18.0 Å². The van der Waals surface area contributed by atoms with Crippen LogP contribution in [-0.4, -0.2) is 18.0 Å². The molecule has 5 nitrogen and oxygen atoms in total. The van der Waals surface area contributed by atoms with Crippen LogP contribution in [0.5, 0.6) is 0 Å². The molecule has 0 aromatic heterocycles. The lowest BCUT2D eigenvalue weighted by molar-refractivity contribution is -0.121. The van der Waals surface area contributed by atoms with Gasteiger partial charge in [0.2, 0.25) is 5.91 Å². The topological polar surface area (TPSA) is 84.2 Å². The molecule has 0 saturated carbocycles. The molecular formula is C17H19N3O2. The first kappa shape index (κ1) is 15.7. The van der Waals surface area contributed by atoms with E-state index in [0.29, 0.717) is 0 Å². The number of hydrogen-bond donors (Lipinski definition) is 3. The quantitative estimate of drug-likeness (QED) is 0.788. The van der Waals surface area contributed by atoms with E-state index in [1.54, 1.807) is 6.92 Å². The molecule has 0 unspecified atom stereocenters. The number of amides is 3. The Labute approximate surface area is 129 Å². The fourth-order valence-corrected chi connectivity index (χ4v) is 2.23. The number of benzene rings is 2. The molecule has 2 aromatic rings. The predicted octanol–water partition coefficient (Wildman–Crippen LogP) is 1.95. The van der Waals surface area contributed by atoms with Gasteiger partial charge in [0.05, 0.1) is 12.1 Å². The first-order chi connectivity index (χ1) is 10.6. The number of nitrogens with one attached hydrogen (secondary N) is 2. The summed E-state index contributed by atoms with van der Waals surface area (Å²) in [5.41, 5.74) is 7.05. The second kappa shape index (κ2) is 7.38. The molecular weight excluding hydrogens is 278 g/mol. The lowest BCUT2D eigenvalue weighted by atomic mass is 9.98. The molecule has 0 heterocycles. The second-order valence-electron chi connectivity index (χ2n) is 5.00. The number of imide groups is 1. The van der Waals surface area contributed by atoms with Gasteiger partial charge in [-0.15, -0.1) is 0 Å². The summed E-state index contributed by atoms with van der Waals surface area (Å²) in [5, 5.41) is 5.32. The zero-order valence-electron chi connectivity index (χ0n) is 12.3. The first-order valence-electron chi connectivity index (χ1n) is 7.04. The van der Waals surface area contributed by atoms with Crippen molar-refractivity contribution in [2.75, 3.05) is 0 Å². The normalized spacial score (nSPS) is 11.9. The van der Waals surface area contributed by atoms with E-state index in [4.69, 9.17) is 5.73 Å². The summed E-state index contributed by atoms with van der Waals surface area (Å²) >= 11 is 0. The number of carbonyl (C=O) groups excluding carboxylic acids is 2. The highest BCUT2D eigenvalue weighted by molar-refractivity contribution is 5.96. The molecule has 0 aliphatic rings. The molecule has 1 atom stereocenters. The Morgan fingerprint density at radius 3 is 1.77 bits per heavy atom. The molecule has 0 spiro atoms. The Balaban J connectivity index is 2.23. The summed E-state index contributed by atoms with van der Waals surface area (Å²) in [7, 11) is 0. The van der Waals surface area contributed by atoms with E-state index >= 15 is 0 Å². The summed E-state index contributed by atoms with van der Waals surface area (Å²) in [6, 6.07) is 18.0. The summed E-state index contributed by atoms with van der Waals surface area (Å²) in [6.45, 7) is 1.69. The van der Waals surface area contributed by atoms with Gasteiger partial charge in [0, 0.05) is 0 Å². The predicted molar refractivity (Wildman–Crippen MR) is 85.1 cm³/mol. The van der Waals surface area contributed by atoms with Crippen molar-refractivity contribution in [2.45, 2.75) is 19.0 Å². The van der Waals surface area contributed by atoms with Crippen LogP contribution in [0, 0.1) is 0 Å². The fraction of sp³-hybridized carbons (Fsp3) is 0.176. The Hall–Kier alpha value is -2.66. The minimum Gasteiger partial charge on any atom is -0.351 e. The smallest absolute Gasteiger partial charge is 0.318 e. The van der Waals surface area contributed by atoms with E-state index in [-0.39, 0.29) is 6.04 Å². The lowest BCUT2D eigenvalue weighted by Gasteiger charge is -2.23. The van der Waals surface area contributed by atoms with Gasteiger partial charge in [-0.05, 0) is 18.1 Å². The third-order valence-electron chi connectivity index (χ3n) is 3.32. The number of hydrogen-bond acceptors (Lipinski definition) is 3. The van der Waals surface area contributed by atoms with Crippen molar-refractivity contribution < 1.29 is 9.59 Å². The Morgan fingerprint density at radius 2 is 1.36 bits per heavy atom. The number of nitrogens with two attached hydrogens (primary N) is 1. The molecule has 22 heavy (non-hydrogen) atoms. The minimum absolute atomic E-state index is 0.156. The fourth-order valence-electron chi connectivity index (χ4n) is 2.23. The molecule has 2 rings (SSSR count). The van der Waals surface area contributed by atoms with Gasteiger partial charge >= 0.3 is 6.03 Å². The molecule has 3 amide bonds. The van der Waals surface area contributed by atoms with Crippen LogP contribution in [0.15, 0.2) is 60.7 Å². The monoisotopic (exact) mass is 297 g/mol. The lowest BCUT2D eigenvalue weighted by Crippen LogP contribution is -2.47. The zero-order valence-corrected chi connectivity index (χ0v) is 12.3. The Kier molecular flexibility index (Phi) is 5.27. The van der Waals surface area contributed by atoms with Gasteiger partial charge < -0.3 is 5.73 Å². The van der Waals surface area contributed by atoms with Gasteiger partial charge in [-0.1, -0.05) is 60.7 Å². The average Bonchev–Trinajstić information content (AvgIpc) is 2.53. The van der Waals surface area contributed by atoms with Crippen molar-refractivity contribution in [3.8, 4) is 0 Å². The van der Waals surface area contributed by atoms with E-state index in [2.05, 4.69) is 10.6 Å². The number of urea groups is 1. The summed E-state index contributed by atoms with van der Waals surface area (Å²) < 4.78 is 0. The van der Waals surface area contributed by atoms with Crippen LogP contribution in [-0.2, 0) is 4.79 Å². The molecule has 4 N–H and O–H groups in total. The Bertz CT molecular complexity index is 589. The molecule has 2 aromatic carbocycles. The van der Waals surface area contributed by atoms with Crippen molar-refractivity contribution >= 4 is 11.9 Å². The van der Waals surface area contributed by atoms with Crippen molar-refractivity contribution in [3.05, 3.63) is 71.8 Å². The summed E-state index contributed by atoms with van der Waals surface area (Å²) in [5.74, 6) is -0.454. The second-order valence-corrected chi connectivity index (χ2v) is 5.00. The molecule has 0 aliphatic carbocycles. The van der Waals surface area contributed by atoms with Crippen molar-refractivity contribution in [3.63, 3.8) is 0 Å². The third kappa shape index (κ3) is 4.17. The van der Waals surface area contributed by atoms with Crippen LogP contribution in [0.25, 0.3) is 0 Å². The maximum absolute atomic E-state index is 11.9. The van der Waals surface area contributed by atoms with Crippen molar-refractivity contribution in [2.24, 2.45) is 5.73 Å². The molecule has 0 radical (unpaired) electrons. The minimum atomic E-state index is -0.852. The third-order valence-corrected chi connectivity index (χ3v) is 3.32. The van der Waals surface area contributed by atoms with Crippen molar-refractivity contribution in [1.29, 1.82) is 0 Å². The van der Waals surface area contributed by atoms with Gasteiger partial charge in [-0.3, -0.25) is 15.4 Å². The molecule has 0 fully saturated rings. The molecule has 5 heteroatoms. The standard InChI is InChI=1S/C17H19N3O2/c1-12(16(21)20-17(18)22)19-15(13-8-4-2-5-9-13)14-10-6-3-7-11-14/h2-12,15,19H,1H3,(H3,18,20,21,22)/t12-/m1/s1. The summed E-state index contributed by atoms with van der Waals surface area (Å²) in [6.07, 6.45) is 0. The van der Waals surface area contributed by atoms with E-state index in [1.165, 1.54) is 0 Å². The number of primary amides is 1. The maximum atomic E-state index is 11.9. The van der Waals surface area contributed by atoms with Crippen LogP contribution >= 0.6 is 0 Å². The van der Waals surface area contributed by atoms with Crippen LogP contribution in [0.1, 0.15) is 24.1 Å². The molecule has 0 aliphatic heterocycles. The van der Waals surface area contributed by atoms with Crippen LogP contribution < -0.4 is 16.4 Å². The zero-order chi connectivity index (χ0) is 15.9. The van der Waals surface area contributed by atoms with Crippen LogP contribution in [0.3, 0.4) is 0 Å². The maximum Gasteiger partial charge on any atom is 0.318 e. The first-order valence-corrected chi connectivity index (χ1v) is 7.04. The van der Waals surface area contributed by atoms with Gasteiger partial charge in [0.25, 0.3) is 0 Å². The van der Waals surface area contributed by atoms with E-state index in [0.717, 1.165) is 11.1 Å². The van der Waals surface area contributed by atoms with E-state index in [9.17, 15) is 9.59 Å². The highest BCUT2D eigenvalue weighted by Crippen LogP contribution is 2.22. The average molecular weight is 297 g/mol. The SMILES string of the molecule is C[C@@H](NC(c1ccccc1)c1ccccc1)C(=O)NC(N)=O. The summed E-state index contributed by atoms with van der Waals surface area (Å²) in [4.78, 5) is 22.7. The molecule has 114 valence electrons. The van der Waals surface area contributed by atoms with Gasteiger partial charge in [-0.25, -0.2) is 4.79 Å². The van der Waals surface area contributed by atoms with Crippen molar-refractivity contribution in [1.82, 2.24) is 10.6 Å². The molecule has 0 bridgehead atoms. The molecule has 0 saturated heterocycles. The van der Waals surface area contributed by atoms with Crippen LogP contribution in [0.4, 0.5) is 4.79 Å². The highest BCUT2D eigenvalue weighted by atomic mass is 16.2. The van der Waals surface area contributed by atoms with Gasteiger partial charge in [-0.2, -0.15) is 0 Å². The number of carbonyl (C=O) groups is 2. The van der Waals surface area contributed by atoms with Gasteiger partial charge in [0.1, 0.15) is 0 Å². The number of rotatable bonds is 5.